The van der Waals surface area contributed by atoms with Crippen molar-refractivity contribution in [3.8, 4) is 0 Å². The highest BCUT2D eigenvalue weighted by Gasteiger charge is 1.66. The van der Waals surface area contributed by atoms with Gasteiger partial charge in [-0.3, -0.25) is 4.79 Å². The lowest BCUT2D eigenvalue weighted by atomic mass is 10.4. The lowest BCUT2D eigenvalue weighted by molar-refractivity contribution is -0.104. The summed E-state index contributed by atoms with van der Waals surface area (Å²) in [6.07, 6.45) is 0.722. The number of allylic oxidation sites excluding steroid dienone is 1. The van der Waals surface area contributed by atoms with Crippen LogP contribution in [0.25, 0.3) is 0 Å². The fourth-order valence-electron chi connectivity index (χ4n) is 0. The van der Waals surface area contributed by atoms with E-state index >= 15 is 0 Å². The van der Waals surface area contributed by atoms with Gasteiger partial charge in [0, 0.05) is 0 Å². The molecule has 0 N–H and O–H groups in total. The van der Waals surface area contributed by atoms with Crippen LogP contribution < -0.4 is 0 Å². The highest BCUT2D eigenvalue weighted by molar-refractivity contribution is 7.59. The number of carbonyl (C=O) groups excluding carboxylic acids is 1. The minimum atomic E-state index is 0. The molecule has 2 heteroatoms. The molecular weight excluding hydrogens is 96.1 g/mol. The molecule has 0 atom stereocenters. The third kappa shape index (κ3) is 9.25. The predicted molar refractivity (Wildman–Crippen MR) is 31.3 cm³/mol. The SMILES string of the molecule is C=C(C)C=O.S. The summed E-state index contributed by atoms with van der Waals surface area (Å²) in [5, 5.41) is 0. The Balaban J connectivity index is 0. The normalized spacial score (nSPS) is 5.50. The van der Waals surface area contributed by atoms with Gasteiger partial charge in [0.05, 0.1) is 0 Å². The molecule has 0 spiro atoms. The van der Waals surface area contributed by atoms with Gasteiger partial charge in [0.25, 0.3) is 0 Å². The van der Waals surface area contributed by atoms with Crippen LogP contribution in [0.1, 0.15) is 6.92 Å². The molecule has 0 saturated heterocycles. The molecule has 6 heavy (non-hydrogen) atoms. The van der Waals surface area contributed by atoms with E-state index in [1.54, 1.807) is 6.92 Å². The van der Waals surface area contributed by atoms with E-state index in [4.69, 9.17) is 0 Å². The number of hydrogen-bond acceptors (Lipinski definition) is 1. The summed E-state index contributed by atoms with van der Waals surface area (Å²) in [6, 6.07) is 0. The first-order valence-corrected chi connectivity index (χ1v) is 1.38. The van der Waals surface area contributed by atoms with Crippen molar-refractivity contribution in [2.75, 3.05) is 0 Å². The van der Waals surface area contributed by atoms with Crippen molar-refractivity contribution in [1.29, 1.82) is 0 Å². The largest absolute Gasteiger partial charge is 0.298 e. The molecule has 0 aromatic heterocycles. The van der Waals surface area contributed by atoms with E-state index in [-0.39, 0.29) is 13.5 Å². The Morgan fingerprint density at radius 1 is 1.83 bits per heavy atom. The maximum absolute atomic E-state index is 9.41. The molecule has 0 aromatic carbocycles. The molecule has 0 unspecified atom stereocenters. The maximum atomic E-state index is 9.41. The summed E-state index contributed by atoms with van der Waals surface area (Å²) in [4.78, 5) is 9.41. The van der Waals surface area contributed by atoms with Crippen molar-refractivity contribution in [1.82, 2.24) is 0 Å². The van der Waals surface area contributed by atoms with Gasteiger partial charge in [-0.2, -0.15) is 13.5 Å². The topological polar surface area (TPSA) is 17.1 Å². The fourth-order valence-corrected chi connectivity index (χ4v) is 0. The third-order valence-electron chi connectivity index (χ3n) is 0.201. The van der Waals surface area contributed by atoms with E-state index in [9.17, 15) is 4.79 Å². The van der Waals surface area contributed by atoms with Gasteiger partial charge in [0.15, 0.2) is 0 Å². The fraction of sp³-hybridized carbons (Fsp3) is 0.250. The minimum absolute atomic E-state index is 0. The van der Waals surface area contributed by atoms with E-state index in [0.29, 0.717) is 5.57 Å². The molecule has 0 aliphatic heterocycles. The van der Waals surface area contributed by atoms with Gasteiger partial charge in [-0.05, 0) is 12.5 Å². The average Bonchev–Trinajstić information content (AvgIpc) is 1.38. The van der Waals surface area contributed by atoms with Gasteiger partial charge in [-0.25, -0.2) is 0 Å². The Labute approximate surface area is 44.5 Å². The summed E-state index contributed by atoms with van der Waals surface area (Å²) < 4.78 is 0. The molecule has 0 radical (unpaired) electrons. The molecule has 0 aliphatic rings. The Bertz CT molecular complexity index is 58.6. The van der Waals surface area contributed by atoms with Crippen LogP contribution in [0.3, 0.4) is 0 Å². The van der Waals surface area contributed by atoms with E-state index in [1.807, 2.05) is 0 Å². The van der Waals surface area contributed by atoms with Gasteiger partial charge < -0.3 is 0 Å². The predicted octanol–water partition coefficient (Wildman–Crippen LogP) is 0.874. The average molecular weight is 104 g/mol. The molecule has 0 saturated carbocycles. The first-order chi connectivity index (χ1) is 2.27. The summed E-state index contributed by atoms with van der Waals surface area (Å²) in [6.45, 7) is 4.97. The maximum Gasteiger partial charge on any atom is 0.145 e. The van der Waals surface area contributed by atoms with Gasteiger partial charge >= 0.3 is 0 Å². The lowest BCUT2D eigenvalue weighted by Gasteiger charge is -1.65. The zero-order valence-corrected chi connectivity index (χ0v) is 4.69. The minimum Gasteiger partial charge on any atom is -0.298 e. The number of aldehydes is 1. The van der Waals surface area contributed by atoms with Crippen molar-refractivity contribution in [3.05, 3.63) is 12.2 Å². The highest BCUT2D eigenvalue weighted by Crippen LogP contribution is 1.70. The Morgan fingerprint density at radius 3 is 2.00 bits per heavy atom. The van der Waals surface area contributed by atoms with Crippen molar-refractivity contribution in [3.63, 3.8) is 0 Å². The molecule has 0 aromatic rings. The van der Waals surface area contributed by atoms with Gasteiger partial charge in [-0.1, -0.05) is 6.58 Å². The van der Waals surface area contributed by atoms with Crippen molar-refractivity contribution in [2.24, 2.45) is 0 Å². The van der Waals surface area contributed by atoms with Crippen LogP contribution in [0.4, 0.5) is 0 Å². The monoisotopic (exact) mass is 104 g/mol. The van der Waals surface area contributed by atoms with E-state index in [2.05, 4.69) is 6.58 Å². The number of hydrogen-bond donors (Lipinski definition) is 0. The Morgan fingerprint density at radius 2 is 2.00 bits per heavy atom. The van der Waals surface area contributed by atoms with E-state index < -0.39 is 0 Å². The quantitative estimate of drug-likeness (QED) is 0.356. The third-order valence-corrected chi connectivity index (χ3v) is 0.201. The molecule has 0 bridgehead atoms. The summed E-state index contributed by atoms with van der Waals surface area (Å²) >= 11 is 0. The van der Waals surface area contributed by atoms with Crippen LogP contribution in [0.5, 0.6) is 0 Å². The lowest BCUT2D eigenvalue weighted by Crippen LogP contribution is -1.65. The van der Waals surface area contributed by atoms with E-state index in [1.165, 1.54) is 0 Å². The molecule has 0 aliphatic carbocycles. The van der Waals surface area contributed by atoms with Crippen LogP contribution in [0.2, 0.25) is 0 Å². The van der Waals surface area contributed by atoms with Crippen molar-refractivity contribution in [2.45, 2.75) is 6.92 Å². The van der Waals surface area contributed by atoms with Crippen LogP contribution in [-0.4, -0.2) is 6.29 Å². The van der Waals surface area contributed by atoms with Crippen LogP contribution in [0, 0.1) is 0 Å². The summed E-state index contributed by atoms with van der Waals surface area (Å²) in [5.74, 6) is 0. The molecule has 0 amide bonds. The highest BCUT2D eigenvalue weighted by atomic mass is 32.1. The standard InChI is InChI=1S/C4H6O.H2S/c1-4(2)3-5;/h3H,1H2,2H3;1H2. The molecule has 1 nitrogen and oxygen atoms in total. The van der Waals surface area contributed by atoms with Crippen molar-refractivity contribution < 1.29 is 4.79 Å². The molecule has 0 rings (SSSR count). The van der Waals surface area contributed by atoms with Crippen LogP contribution in [0.15, 0.2) is 12.2 Å². The number of carbonyl (C=O) groups is 1. The molecule has 0 fully saturated rings. The second kappa shape index (κ2) is 4.76. The summed E-state index contributed by atoms with van der Waals surface area (Å²) in [7, 11) is 0. The van der Waals surface area contributed by atoms with Crippen molar-refractivity contribution >= 4 is 19.8 Å². The molecular formula is C4H8OS. The zero-order chi connectivity index (χ0) is 4.28. The Hall–Kier alpha value is -0.240. The first-order valence-electron chi connectivity index (χ1n) is 1.38. The second-order valence-corrected chi connectivity index (χ2v) is 0.964. The summed E-state index contributed by atoms with van der Waals surface area (Å²) in [5.41, 5.74) is 0.574. The van der Waals surface area contributed by atoms with Gasteiger partial charge in [0.1, 0.15) is 6.29 Å². The van der Waals surface area contributed by atoms with Gasteiger partial charge in [-0.15, -0.1) is 0 Å². The first kappa shape index (κ1) is 9.23. The van der Waals surface area contributed by atoms with Crippen LogP contribution in [-0.2, 0) is 4.79 Å². The zero-order valence-electron chi connectivity index (χ0n) is 3.69. The Kier molecular flexibility index (Phi) is 7.32. The molecule has 0 heterocycles. The number of rotatable bonds is 1. The van der Waals surface area contributed by atoms with Crippen LogP contribution >= 0.6 is 13.5 Å². The van der Waals surface area contributed by atoms with Gasteiger partial charge in [0.2, 0.25) is 0 Å². The second-order valence-electron chi connectivity index (χ2n) is 0.964. The van der Waals surface area contributed by atoms with E-state index in [0.717, 1.165) is 6.29 Å². The smallest absolute Gasteiger partial charge is 0.145 e. The molecule has 36 valence electrons.